The highest BCUT2D eigenvalue weighted by molar-refractivity contribution is 8.00. The van der Waals surface area contributed by atoms with Crippen molar-refractivity contribution in [1.82, 2.24) is 0 Å². The van der Waals surface area contributed by atoms with E-state index in [0.29, 0.717) is 15.5 Å². The van der Waals surface area contributed by atoms with Gasteiger partial charge in [0.2, 0.25) is 0 Å². The maximum atomic E-state index is 9.45. The highest BCUT2D eigenvalue weighted by Gasteiger charge is 2.24. The van der Waals surface area contributed by atoms with Crippen LogP contribution in [0.3, 0.4) is 0 Å². The zero-order chi connectivity index (χ0) is 12.4. The topological polar surface area (TPSA) is 23.5 Å². The maximum absolute atomic E-state index is 9.45. The highest BCUT2D eigenvalue weighted by Crippen LogP contribution is 2.33. The smallest absolute Gasteiger partial charge is 0.0716 e. The molecule has 0 spiro atoms. The molecular weight excluding hydrogens is 254 g/mol. The number of hydrogen-bond acceptors (Lipinski definition) is 3. The van der Waals surface area contributed by atoms with Crippen LogP contribution < -0.4 is 4.90 Å². The van der Waals surface area contributed by atoms with Crippen molar-refractivity contribution < 1.29 is 5.11 Å². The van der Waals surface area contributed by atoms with Crippen molar-refractivity contribution in [2.75, 3.05) is 18.0 Å². The lowest BCUT2D eigenvalue weighted by atomic mass is 10.1. The zero-order valence-electron chi connectivity index (χ0n) is 10.2. The summed E-state index contributed by atoms with van der Waals surface area (Å²) in [5.74, 6) is 0. The van der Waals surface area contributed by atoms with Gasteiger partial charge in [-0.3, -0.25) is 0 Å². The van der Waals surface area contributed by atoms with Crippen molar-refractivity contribution in [2.24, 2.45) is 0 Å². The third kappa shape index (κ3) is 2.90. The molecule has 0 bridgehead atoms. The lowest BCUT2D eigenvalue weighted by Crippen LogP contribution is -2.40. The average molecular weight is 272 g/mol. The van der Waals surface area contributed by atoms with E-state index in [2.05, 4.69) is 18.7 Å². The van der Waals surface area contributed by atoms with E-state index in [4.69, 9.17) is 11.6 Å². The molecule has 1 heterocycles. The molecule has 0 amide bonds. The molecule has 2 nitrogen and oxygen atoms in total. The van der Waals surface area contributed by atoms with Crippen LogP contribution in [-0.2, 0) is 6.61 Å². The van der Waals surface area contributed by atoms with Gasteiger partial charge < -0.3 is 10.0 Å². The maximum Gasteiger partial charge on any atom is 0.0716 e. The van der Waals surface area contributed by atoms with E-state index < -0.39 is 0 Å². The van der Waals surface area contributed by atoms with Gasteiger partial charge in [-0.15, -0.1) is 0 Å². The third-order valence-corrected chi connectivity index (χ3v) is 4.59. The van der Waals surface area contributed by atoms with Gasteiger partial charge in [0.15, 0.2) is 0 Å². The number of anilines is 1. The summed E-state index contributed by atoms with van der Waals surface area (Å²) >= 11 is 8.15. The monoisotopic (exact) mass is 271 g/mol. The fourth-order valence-electron chi connectivity index (χ4n) is 2.37. The van der Waals surface area contributed by atoms with Crippen LogP contribution in [0.25, 0.3) is 0 Å². The zero-order valence-corrected chi connectivity index (χ0v) is 11.8. The van der Waals surface area contributed by atoms with Crippen molar-refractivity contribution in [1.29, 1.82) is 0 Å². The Balaban J connectivity index is 2.30. The number of benzene rings is 1. The number of rotatable bonds is 2. The second kappa shape index (κ2) is 5.51. The predicted molar refractivity (Wildman–Crippen MR) is 76.1 cm³/mol. The number of nitrogens with zero attached hydrogens (tertiary/aromatic N) is 1. The SMILES string of the molecule is CC1CN(c2cccc(Cl)c2CO)CC(C)S1. The Bertz CT molecular complexity index is 389. The van der Waals surface area contributed by atoms with Crippen molar-refractivity contribution in [2.45, 2.75) is 31.0 Å². The lowest BCUT2D eigenvalue weighted by Gasteiger charge is -2.37. The van der Waals surface area contributed by atoms with Gasteiger partial charge in [0.1, 0.15) is 0 Å². The first kappa shape index (κ1) is 13.1. The van der Waals surface area contributed by atoms with Gasteiger partial charge in [-0.2, -0.15) is 11.8 Å². The number of thioether (sulfide) groups is 1. The summed E-state index contributed by atoms with van der Waals surface area (Å²) in [6, 6.07) is 5.84. The summed E-state index contributed by atoms with van der Waals surface area (Å²) < 4.78 is 0. The minimum Gasteiger partial charge on any atom is -0.392 e. The van der Waals surface area contributed by atoms with Gasteiger partial charge in [-0.25, -0.2) is 0 Å². The summed E-state index contributed by atoms with van der Waals surface area (Å²) in [5, 5.41) is 11.3. The second-order valence-electron chi connectivity index (χ2n) is 4.56. The largest absolute Gasteiger partial charge is 0.392 e. The summed E-state index contributed by atoms with van der Waals surface area (Å²) in [6.07, 6.45) is 0. The molecule has 1 fully saturated rings. The van der Waals surface area contributed by atoms with Crippen LogP contribution >= 0.6 is 23.4 Å². The summed E-state index contributed by atoms with van der Waals surface area (Å²) in [7, 11) is 0. The molecule has 0 aromatic heterocycles. The molecule has 0 aliphatic carbocycles. The van der Waals surface area contributed by atoms with E-state index in [9.17, 15) is 5.11 Å². The molecule has 1 aliphatic heterocycles. The third-order valence-electron chi connectivity index (χ3n) is 3.01. The van der Waals surface area contributed by atoms with E-state index >= 15 is 0 Å². The van der Waals surface area contributed by atoms with Crippen molar-refractivity contribution in [3.8, 4) is 0 Å². The van der Waals surface area contributed by atoms with Crippen LogP contribution in [0.2, 0.25) is 5.02 Å². The number of hydrogen-bond donors (Lipinski definition) is 1. The van der Waals surface area contributed by atoms with Gasteiger partial charge in [-0.1, -0.05) is 31.5 Å². The van der Waals surface area contributed by atoms with Crippen LogP contribution in [0.4, 0.5) is 5.69 Å². The Labute approximate surface area is 112 Å². The molecule has 2 unspecified atom stereocenters. The van der Waals surface area contributed by atoms with E-state index in [1.165, 1.54) is 0 Å². The molecule has 0 radical (unpaired) electrons. The molecule has 1 aromatic rings. The number of halogens is 1. The van der Waals surface area contributed by atoms with E-state index in [1.54, 1.807) is 0 Å². The van der Waals surface area contributed by atoms with E-state index in [-0.39, 0.29) is 6.61 Å². The fourth-order valence-corrected chi connectivity index (χ4v) is 3.93. The minimum absolute atomic E-state index is 0.00140. The predicted octanol–water partition coefficient (Wildman–Crippen LogP) is 3.16. The molecule has 1 N–H and O–H groups in total. The Morgan fingerprint density at radius 3 is 2.59 bits per heavy atom. The molecule has 2 atom stereocenters. The van der Waals surface area contributed by atoms with Gasteiger partial charge in [-0.05, 0) is 12.1 Å². The molecule has 1 aliphatic rings. The molecule has 17 heavy (non-hydrogen) atoms. The van der Waals surface area contributed by atoms with E-state index in [0.717, 1.165) is 24.3 Å². The number of aliphatic hydroxyl groups excluding tert-OH is 1. The molecule has 0 saturated carbocycles. The van der Waals surface area contributed by atoms with Crippen LogP contribution in [0.1, 0.15) is 19.4 Å². The Kier molecular flexibility index (Phi) is 4.23. The van der Waals surface area contributed by atoms with Gasteiger partial charge in [0.05, 0.1) is 6.61 Å². The van der Waals surface area contributed by atoms with Crippen LogP contribution in [0.15, 0.2) is 18.2 Å². The molecule has 1 saturated heterocycles. The molecule has 4 heteroatoms. The quantitative estimate of drug-likeness (QED) is 0.894. The van der Waals surface area contributed by atoms with Gasteiger partial charge in [0, 0.05) is 39.9 Å². The molecular formula is C13H18ClNOS. The summed E-state index contributed by atoms with van der Waals surface area (Å²) in [4.78, 5) is 2.34. The summed E-state index contributed by atoms with van der Waals surface area (Å²) in [6.45, 7) is 6.53. The van der Waals surface area contributed by atoms with Gasteiger partial charge in [0.25, 0.3) is 0 Å². The fraction of sp³-hybridized carbons (Fsp3) is 0.538. The lowest BCUT2D eigenvalue weighted by molar-refractivity contribution is 0.282. The van der Waals surface area contributed by atoms with Crippen LogP contribution in [0.5, 0.6) is 0 Å². The average Bonchev–Trinajstić information content (AvgIpc) is 2.27. The van der Waals surface area contributed by atoms with Gasteiger partial charge >= 0.3 is 0 Å². The molecule has 94 valence electrons. The van der Waals surface area contributed by atoms with Crippen molar-refractivity contribution in [3.05, 3.63) is 28.8 Å². The van der Waals surface area contributed by atoms with Crippen LogP contribution in [-0.4, -0.2) is 28.7 Å². The Hall–Kier alpha value is -0.380. The van der Waals surface area contributed by atoms with Crippen molar-refractivity contribution in [3.63, 3.8) is 0 Å². The number of aliphatic hydroxyl groups is 1. The van der Waals surface area contributed by atoms with Crippen LogP contribution in [0, 0.1) is 0 Å². The molecule has 2 rings (SSSR count). The minimum atomic E-state index is 0.00140. The highest BCUT2D eigenvalue weighted by atomic mass is 35.5. The summed E-state index contributed by atoms with van der Waals surface area (Å²) in [5.41, 5.74) is 1.93. The Morgan fingerprint density at radius 2 is 2.00 bits per heavy atom. The normalized spacial score (nSPS) is 25.1. The first-order valence-electron chi connectivity index (χ1n) is 5.90. The first-order valence-corrected chi connectivity index (χ1v) is 7.22. The van der Waals surface area contributed by atoms with Crippen molar-refractivity contribution >= 4 is 29.1 Å². The Morgan fingerprint density at radius 1 is 1.35 bits per heavy atom. The first-order chi connectivity index (χ1) is 8.11. The second-order valence-corrected chi connectivity index (χ2v) is 6.85. The van der Waals surface area contributed by atoms with E-state index in [1.807, 2.05) is 30.0 Å². The molecule has 1 aromatic carbocycles. The standard InChI is InChI=1S/C13H18ClNOS/c1-9-6-15(7-10(2)17-9)13-5-3-4-12(14)11(13)8-16/h3-5,9-10,16H,6-8H2,1-2H3.